The first-order valence-electron chi connectivity index (χ1n) is 7.41. The van der Waals surface area contributed by atoms with Crippen molar-refractivity contribution in [3.63, 3.8) is 0 Å². The second kappa shape index (κ2) is 8.53. The van der Waals surface area contributed by atoms with Gasteiger partial charge in [-0.2, -0.15) is 10.2 Å². The number of benzene rings is 1. The number of aryl methyl sites for hydroxylation is 3. The zero-order chi connectivity index (χ0) is 16.5. The van der Waals surface area contributed by atoms with Crippen LogP contribution in [0.5, 0.6) is 0 Å². The lowest BCUT2D eigenvalue weighted by atomic mass is 10.2. The van der Waals surface area contributed by atoms with E-state index in [4.69, 9.17) is 5.11 Å². The highest BCUT2D eigenvalue weighted by molar-refractivity contribution is 5.87. The molecule has 2 heterocycles. The summed E-state index contributed by atoms with van der Waals surface area (Å²) in [4.78, 5) is 10.3. The maximum absolute atomic E-state index is 10.3. The Morgan fingerprint density at radius 3 is 2.48 bits per heavy atom. The Morgan fingerprint density at radius 1 is 1.17 bits per heavy atom. The Kier molecular flexibility index (Phi) is 6.11. The predicted molar refractivity (Wildman–Crippen MR) is 87.3 cm³/mol. The number of aromatic carboxylic acids is 1. The normalized spacial score (nSPS) is 11.5. The fraction of sp³-hybridized carbons (Fsp3) is 0.235. The molecule has 120 valence electrons. The molecule has 0 aliphatic heterocycles. The Labute approximate surface area is 134 Å². The lowest BCUT2D eigenvalue weighted by molar-refractivity contribution is 0.0697. The topological polar surface area (TPSA) is 94.7 Å². The van der Waals surface area contributed by atoms with Crippen LogP contribution in [-0.4, -0.2) is 31.5 Å². The standard InChI is InChI=1S/C8H8O2.C6H8N2.C3H4N2/c1-6-2-4-7(5-3-6)8(9)10;1-2-5-4-7-8-6(5)3-1;1-2-4-5-3-1/h2-5H,1H3,(H,9,10);4H,1-3H2,(H,7,8);1-3H,(H,4,5). The molecule has 0 radical (unpaired) electrons. The number of carboxylic acid groups (broad SMARTS) is 1. The van der Waals surface area contributed by atoms with Gasteiger partial charge in [0.2, 0.25) is 0 Å². The molecule has 3 aromatic rings. The van der Waals surface area contributed by atoms with Gasteiger partial charge < -0.3 is 5.11 Å². The summed E-state index contributed by atoms with van der Waals surface area (Å²) >= 11 is 0. The third-order valence-electron chi connectivity index (χ3n) is 3.38. The SMILES string of the molecule is Cc1ccc(C(=O)O)cc1.c1cn[nH]c1.c1n[nH]c2c1CCC2. The fourth-order valence-corrected chi connectivity index (χ4v) is 2.14. The molecule has 0 atom stereocenters. The van der Waals surface area contributed by atoms with E-state index in [1.54, 1.807) is 36.7 Å². The first-order valence-corrected chi connectivity index (χ1v) is 7.41. The van der Waals surface area contributed by atoms with Crippen LogP contribution >= 0.6 is 0 Å². The number of nitrogens with one attached hydrogen (secondary N) is 2. The van der Waals surface area contributed by atoms with Gasteiger partial charge in [-0.05, 0) is 49.9 Å². The molecule has 0 amide bonds. The minimum Gasteiger partial charge on any atom is -0.478 e. The molecular weight excluding hydrogens is 292 g/mol. The molecule has 1 aliphatic carbocycles. The van der Waals surface area contributed by atoms with Crippen molar-refractivity contribution in [2.24, 2.45) is 0 Å². The van der Waals surface area contributed by atoms with E-state index in [0.29, 0.717) is 5.56 Å². The van der Waals surface area contributed by atoms with Gasteiger partial charge in [-0.1, -0.05) is 17.7 Å². The van der Waals surface area contributed by atoms with Crippen LogP contribution in [0.2, 0.25) is 0 Å². The summed E-state index contributed by atoms with van der Waals surface area (Å²) in [6, 6.07) is 8.59. The Balaban J connectivity index is 0.000000132. The maximum atomic E-state index is 10.3. The van der Waals surface area contributed by atoms with Gasteiger partial charge in [0.25, 0.3) is 0 Å². The lowest BCUT2D eigenvalue weighted by Gasteiger charge is -1.92. The van der Waals surface area contributed by atoms with Crippen molar-refractivity contribution in [3.8, 4) is 0 Å². The van der Waals surface area contributed by atoms with Crippen molar-refractivity contribution < 1.29 is 9.90 Å². The molecule has 0 fully saturated rings. The van der Waals surface area contributed by atoms with Gasteiger partial charge in [0.05, 0.1) is 11.8 Å². The molecule has 0 bridgehead atoms. The zero-order valence-electron chi connectivity index (χ0n) is 13.0. The van der Waals surface area contributed by atoms with Crippen LogP contribution in [0.4, 0.5) is 0 Å². The smallest absolute Gasteiger partial charge is 0.335 e. The minimum absolute atomic E-state index is 0.339. The molecule has 4 rings (SSSR count). The number of H-pyrrole nitrogens is 2. The van der Waals surface area contributed by atoms with E-state index in [2.05, 4.69) is 20.4 Å². The van der Waals surface area contributed by atoms with E-state index in [9.17, 15) is 4.79 Å². The van der Waals surface area contributed by atoms with Gasteiger partial charge in [0.1, 0.15) is 0 Å². The number of aromatic nitrogens is 4. The third kappa shape index (κ3) is 5.43. The monoisotopic (exact) mass is 312 g/mol. The molecule has 23 heavy (non-hydrogen) atoms. The van der Waals surface area contributed by atoms with Crippen molar-refractivity contribution in [2.45, 2.75) is 26.2 Å². The Morgan fingerprint density at radius 2 is 1.96 bits per heavy atom. The zero-order valence-corrected chi connectivity index (χ0v) is 13.0. The summed E-state index contributed by atoms with van der Waals surface area (Å²) in [6.07, 6.45) is 9.13. The molecule has 0 saturated heterocycles. The quantitative estimate of drug-likeness (QED) is 0.643. The number of rotatable bonds is 1. The van der Waals surface area contributed by atoms with E-state index in [0.717, 1.165) is 5.56 Å². The van der Waals surface area contributed by atoms with Crippen LogP contribution in [0.3, 0.4) is 0 Å². The van der Waals surface area contributed by atoms with Crippen LogP contribution < -0.4 is 0 Å². The summed E-state index contributed by atoms with van der Waals surface area (Å²) in [7, 11) is 0. The summed E-state index contributed by atoms with van der Waals surface area (Å²) in [6.45, 7) is 1.92. The average Bonchev–Trinajstić information content (AvgIpc) is 3.28. The van der Waals surface area contributed by atoms with Crippen LogP contribution in [0.15, 0.2) is 48.9 Å². The number of carbonyl (C=O) groups is 1. The molecule has 2 aromatic heterocycles. The highest BCUT2D eigenvalue weighted by atomic mass is 16.4. The molecule has 0 spiro atoms. The van der Waals surface area contributed by atoms with Crippen LogP contribution in [0.1, 0.15) is 33.6 Å². The second-order valence-corrected chi connectivity index (χ2v) is 5.16. The van der Waals surface area contributed by atoms with E-state index in [1.165, 1.54) is 30.5 Å². The number of hydrogen-bond donors (Lipinski definition) is 3. The van der Waals surface area contributed by atoms with Crippen molar-refractivity contribution in [2.75, 3.05) is 0 Å². The second-order valence-electron chi connectivity index (χ2n) is 5.16. The van der Waals surface area contributed by atoms with Gasteiger partial charge in [0.15, 0.2) is 0 Å². The molecule has 1 aromatic carbocycles. The Bertz CT molecular complexity index is 667. The first-order chi connectivity index (χ1) is 11.2. The number of fused-ring (bicyclic) bond motifs is 1. The van der Waals surface area contributed by atoms with Gasteiger partial charge in [0, 0.05) is 18.1 Å². The van der Waals surface area contributed by atoms with E-state index >= 15 is 0 Å². The molecule has 6 nitrogen and oxygen atoms in total. The van der Waals surface area contributed by atoms with Gasteiger partial charge >= 0.3 is 5.97 Å². The van der Waals surface area contributed by atoms with Crippen molar-refractivity contribution in [1.29, 1.82) is 0 Å². The van der Waals surface area contributed by atoms with Crippen LogP contribution in [0, 0.1) is 6.92 Å². The molecule has 3 N–H and O–H groups in total. The molecule has 0 unspecified atom stereocenters. The van der Waals surface area contributed by atoms with Gasteiger partial charge in [-0.15, -0.1) is 0 Å². The lowest BCUT2D eigenvalue weighted by Crippen LogP contribution is -1.94. The van der Waals surface area contributed by atoms with E-state index < -0.39 is 5.97 Å². The van der Waals surface area contributed by atoms with Gasteiger partial charge in [-0.25, -0.2) is 4.79 Å². The van der Waals surface area contributed by atoms with Crippen molar-refractivity contribution in [1.82, 2.24) is 20.4 Å². The molecule has 6 heteroatoms. The average molecular weight is 312 g/mol. The summed E-state index contributed by atoms with van der Waals surface area (Å²) < 4.78 is 0. The van der Waals surface area contributed by atoms with Gasteiger partial charge in [-0.3, -0.25) is 10.2 Å². The van der Waals surface area contributed by atoms with Crippen molar-refractivity contribution >= 4 is 5.97 Å². The maximum Gasteiger partial charge on any atom is 0.335 e. The summed E-state index contributed by atoms with van der Waals surface area (Å²) in [5.41, 5.74) is 4.19. The van der Waals surface area contributed by atoms with E-state index in [1.807, 2.05) is 19.2 Å². The summed E-state index contributed by atoms with van der Waals surface area (Å²) in [5, 5.41) is 21.6. The fourth-order valence-electron chi connectivity index (χ4n) is 2.14. The Hall–Kier alpha value is -2.89. The highest BCUT2D eigenvalue weighted by Crippen LogP contribution is 2.17. The predicted octanol–water partition coefficient (Wildman–Crippen LogP) is 3.00. The van der Waals surface area contributed by atoms with Crippen LogP contribution in [-0.2, 0) is 12.8 Å². The van der Waals surface area contributed by atoms with Crippen molar-refractivity contribution in [3.05, 3.63) is 71.3 Å². The highest BCUT2D eigenvalue weighted by Gasteiger charge is 2.10. The van der Waals surface area contributed by atoms with E-state index in [-0.39, 0.29) is 0 Å². The third-order valence-corrected chi connectivity index (χ3v) is 3.38. The number of carboxylic acids is 1. The first kappa shape index (κ1) is 16.5. The summed E-state index contributed by atoms with van der Waals surface area (Å²) in [5.74, 6) is -0.875. The molecule has 0 saturated carbocycles. The molecule has 1 aliphatic rings. The van der Waals surface area contributed by atoms with Crippen LogP contribution in [0.25, 0.3) is 0 Å². The minimum atomic E-state index is -0.875. The number of aromatic amines is 2. The number of nitrogens with zero attached hydrogens (tertiary/aromatic N) is 2. The number of hydrogen-bond acceptors (Lipinski definition) is 3. The largest absolute Gasteiger partial charge is 0.478 e. The molecular formula is C17H20N4O2.